The van der Waals surface area contributed by atoms with Gasteiger partial charge < -0.3 is 15.0 Å². The molecule has 0 aliphatic carbocycles. The summed E-state index contributed by atoms with van der Waals surface area (Å²) in [5, 5.41) is 3.16. The van der Waals surface area contributed by atoms with E-state index in [2.05, 4.69) is 27.1 Å². The summed E-state index contributed by atoms with van der Waals surface area (Å²) in [4.78, 5) is 11.1. The van der Waals surface area contributed by atoms with E-state index in [1.807, 2.05) is 12.3 Å². The standard InChI is InChI=1S/C13H22N4O/c1-11-4-3-8-17(10-11)12-5-6-14-13(16-12)15-7-9-18-2/h5-6,11H,3-4,7-10H2,1-2H3,(H,14,15,16). The van der Waals surface area contributed by atoms with Crippen molar-refractivity contribution in [1.29, 1.82) is 0 Å². The third-order valence-electron chi connectivity index (χ3n) is 3.21. The molecular formula is C13H22N4O. The highest BCUT2D eigenvalue weighted by Gasteiger charge is 2.17. The lowest BCUT2D eigenvalue weighted by Crippen LogP contribution is -2.34. The molecule has 1 aliphatic rings. The molecule has 100 valence electrons. The molecule has 1 unspecified atom stereocenters. The van der Waals surface area contributed by atoms with E-state index in [-0.39, 0.29) is 0 Å². The minimum atomic E-state index is 0.661. The molecule has 2 heterocycles. The average molecular weight is 250 g/mol. The fourth-order valence-electron chi connectivity index (χ4n) is 2.27. The van der Waals surface area contributed by atoms with Gasteiger partial charge in [-0.3, -0.25) is 0 Å². The van der Waals surface area contributed by atoms with Crippen LogP contribution in [0.4, 0.5) is 11.8 Å². The largest absolute Gasteiger partial charge is 0.383 e. The fraction of sp³-hybridized carbons (Fsp3) is 0.692. The van der Waals surface area contributed by atoms with Gasteiger partial charge >= 0.3 is 0 Å². The summed E-state index contributed by atoms with van der Waals surface area (Å²) >= 11 is 0. The maximum Gasteiger partial charge on any atom is 0.224 e. The lowest BCUT2D eigenvalue weighted by molar-refractivity contribution is 0.210. The van der Waals surface area contributed by atoms with Crippen molar-refractivity contribution in [2.24, 2.45) is 5.92 Å². The molecule has 1 atom stereocenters. The Morgan fingerprint density at radius 2 is 2.44 bits per heavy atom. The first-order chi connectivity index (χ1) is 8.79. The Hall–Kier alpha value is -1.36. The zero-order chi connectivity index (χ0) is 12.8. The van der Waals surface area contributed by atoms with Gasteiger partial charge in [0.1, 0.15) is 5.82 Å². The van der Waals surface area contributed by atoms with Crippen LogP contribution in [-0.4, -0.2) is 43.3 Å². The zero-order valence-electron chi connectivity index (χ0n) is 11.2. The van der Waals surface area contributed by atoms with Crippen LogP contribution >= 0.6 is 0 Å². The molecule has 1 aliphatic heterocycles. The maximum atomic E-state index is 5.00. The van der Waals surface area contributed by atoms with Crippen molar-refractivity contribution in [1.82, 2.24) is 9.97 Å². The third kappa shape index (κ3) is 3.57. The van der Waals surface area contributed by atoms with Crippen LogP contribution in [0.15, 0.2) is 12.3 Å². The number of methoxy groups -OCH3 is 1. The van der Waals surface area contributed by atoms with Gasteiger partial charge in [-0.2, -0.15) is 4.98 Å². The van der Waals surface area contributed by atoms with Crippen molar-refractivity contribution in [3.63, 3.8) is 0 Å². The van der Waals surface area contributed by atoms with E-state index in [4.69, 9.17) is 4.74 Å². The van der Waals surface area contributed by atoms with Crippen molar-refractivity contribution in [2.75, 3.05) is 43.6 Å². The molecule has 1 fully saturated rings. The van der Waals surface area contributed by atoms with Gasteiger partial charge in [0.2, 0.25) is 5.95 Å². The summed E-state index contributed by atoms with van der Waals surface area (Å²) in [6, 6.07) is 1.99. The maximum absolute atomic E-state index is 5.00. The molecule has 0 spiro atoms. The lowest BCUT2D eigenvalue weighted by atomic mass is 10.0. The van der Waals surface area contributed by atoms with E-state index in [0.29, 0.717) is 12.6 Å². The van der Waals surface area contributed by atoms with Gasteiger partial charge in [-0.1, -0.05) is 6.92 Å². The zero-order valence-corrected chi connectivity index (χ0v) is 11.2. The first kappa shape index (κ1) is 13.1. The van der Waals surface area contributed by atoms with E-state index >= 15 is 0 Å². The minimum Gasteiger partial charge on any atom is -0.383 e. The van der Waals surface area contributed by atoms with Gasteiger partial charge in [0.15, 0.2) is 0 Å². The summed E-state index contributed by atoms with van der Waals surface area (Å²) < 4.78 is 5.00. The summed E-state index contributed by atoms with van der Waals surface area (Å²) in [5.74, 6) is 2.46. The molecule has 5 nitrogen and oxygen atoms in total. The molecule has 0 aromatic carbocycles. The minimum absolute atomic E-state index is 0.661. The molecule has 0 amide bonds. The Kier molecular flexibility index (Phi) is 4.75. The normalized spacial score (nSPS) is 19.9. The lowest BCUT2D eigenvalue weighted by Gasteiger charge is -2.31. The van der Waals surface area contributed by atoms with Crippen molar-refractivity contribution in [2.45, 2.75) is 19.8 Å². The van der Waals surface area contributed by atoms with E-state index in [9.17, 15) is 0 Å². The number of piperidine rings is 1. The first-order valence-electron chi connectivity index (χ1n) is 6.60. The first-order valence-corrected chi connectivity index (χ1v) is 6.60. The fourth-order valence-corrected chi connectivity index (χ4v) is 2.27. The third-order valence-corrected chi connectivity index (χ3v) is 3.21. The average Bonchev–Trinajstić information content (AvgIpc) is 2.39. The van der Waals surface area contributed by atoms with E-state index in [0.717, 1.165) is 31.4 Å². The molecular weight excluding hydrogens is 228 g/mol. The van der Waals surface area contributed by atoms with Crippen LogP contribution < -0.4 is 10.2 Å². The second-order valence-corrected chi connectivity index (χ2v) is 4.85. The van der Waals surface area contributed by atoms with Gasteiger partial charge in [-0.15, -0.1) is 0 Å². The quantitative estimate of drug-likeness (QED) is 0.807. The topological polar surface area (TPSA) is 50.3 Å². The molecule has 1 aromatic rings. The summed E-state index contributed by atoms with van der Waals surface area (Å²) in [5.41, 5.74) is 0. The Morgan fingerprint density at radius 3 is 3.22 bits per heavy atom. The van der Waals surface area contributed by atoms with Gasteiger partial charge in [0.25, 0.3) is 0 Å². The van der Waals surface area contributed by atoms with Crippen molar-refractivity contribution < 1.29 is 4.74 Å². The highest BCUT2D eigenvalue weighted by Crippen LogP contribution is 2.21. The Labute approximate surface area is 109 Å². The second kappa shape index (κ2) is 6.54. The number of nitrogens with one attached hydrogen (secondary N) is 1. The molecule has 0 saturated carbocycles. The number of ether oxygens (including phenoxy) is 1. The highest BCUT2D eigenvalue weighted by molar-refractivity contribution is 5.42. The second-order valence-electron chi connectivity index (χ2n) is 4.85. The molecule has 5 heteroatoms. The number of nitrogens with zero attached hydrogens (tertiary/aromatic N) is 3. The van der Waals surface area contributed by atoms with E-state index < -0.39 is 0 Å². The Balaban J connectivity index is 1.97. The van der Waals surface area contributed by atoms with Crippen LogP contribution in [0.25, 0.3) is 0 Å². The van der Waals surface area contributed by atoms with Crippen molar-refractivity contribution >= 4 is 11.8 Å². The molecule has 1 aromatic heterocycles. The highest BCUT2D eigenvalue weighted by atomic mass is 16.5. The van der Waals surface area contributed by atoms with Gasteiger partial charge in [-0.05, 0) is 24.8 Å². The molecule has 18 heavy (non-hydrogen) atoms. The van der Waals surface area contributed by atoms with Crippen LogP contribution in [0.2, 0.25) is 0 Å². The Morgan fingerprint density at radius 1 is 1.56 bits per heavy atom. The smallest absolute Gasteiger partial charge is 0.224 e. The number of aromatic nitrogens is 2. The van der Waals surface area contributed by atoms with Crippen molar-refractivity contribution in [3.8, 4) is 0 Å². The van der Waals surface area contributed by atoms with Crippen LogP contribution in [0.5, 0.6) is 0 Å². The number of hydrogen-bond donors (Lipinski definition) is 1. The van der Waals surface area contributed by atoms with Crippen molar-refractivity contribution in [3.05, 3.63) is 12.3 Å². The summed E-state index contributed by atoms with van der Waals surface area (Å²) in [6.07, 6.45) is 4.38. The number of hydrogen-bond acceptors (Lipinski definition) is 5. The molecule has 0 bridgehead atoms. The van der Waals surface area contributed by atoms with E-state index in [1.54, 1.807) is 7.11 Å². The van der Waals surface area contributed by atoms with Crippen LogP contribution in [0.1, 0.15) is 19.8 Å². The SMILES string of the molecule is COCCNc1nccc(N2CCCC(C)C2)n1. The monoisotopic (exact) mass is 250 g/mol. The number of anilines is 2. The van der Waals surface area contributed by atoms with Gasteiger partial charge in [-0.25, -0.2) is 4.98 Å². The molecule has 0 radical (unpaired) electrons. The van der Waals surface area contributed by atoms with Crippen LogP contribution in [0, 0.1) is 5.92 Å². The van der Waals surface area contributed by atoms with E-state index in [1.165, 1.54) is 12.8 Å². The predicted molar refractivity (Wildman–Crippen MR) is 73.0 cm³/mol. The Bertz CT molecular complexity index is 372. The number of rotatable bonds is 5. The molecule has 1 saturated heterocycles. The summed E-state index contributed by atoms with van der Waals surface area (Å²) in [6.45, 7) is 5.88. The predicted octanol–water partition coefficient (Wildman–Crippen LogP) is 1.77. The molecule has 1 N–H and O–H groups in total. The molecule has 2 rings (SSSR count). The summed E-state index contributed by atoms with van der Waals surface area (Å²) in [7, 11) is 1.69. The van der Waals surface area contributed by atoms with Gasteiger partial charge in [0.05, 0.1) is 6.61 Å². The van der Waals surface area contributed by atoms with Crippen LogP contribution in [-0.2, 0) is 4.74 Å². The van der Waals surface area contributed by atoms with Crippen LogP contribution in [0.3, 0.4) is 0 Å². The van der Waals surface area contributed by atoms with Gasteiger partial charge in [0, 0.05) is 32.9 Å².